The van der Waals surface area contributed by atoms with Crippen LogP contribution in [0.4, 0.5) is 0 Å². The first-order valence-electron chi connectivity index (χ1n) is 6.81. The molecule has 0 radical (unpaired) electrons. The number of aliphatic hydroxyl groups is 1. The first-order valence-corrected chi connectivity index (χ1v) is 6.81. The Balaban J connectivity index is 1.87. The molecular weight excluding hydrogens is 238 g/mol. The minimum Gasteiger partial charge on any atom is -0.396 e. The topological polar surface area (TPSA) is 50.1 Å². The molecule has 4 heteroatoms. The van der Waals surface area contributed by atoms with Crippen LogP contribution in [0.15, 0.2) is 42.7 Å². The predicted molar refractivity (Wildman–Crippen MR) is 76.2 cm³/mol. The van der Waals surface area contributed by atoms with Crippen molar-refractivity contribution in [1.29, 1.82) is 0 Å². The Labute approximate surface area is 114 Å². The number of aliphatic hydroxyl groups excluding tert-OH is 1. The van der Waals surface area contributed by atoms with Crippen LogP contribution in [0.2, 0.25) is 0 Å². The van der Waals surface area contributed by atoms with E-state index in [1.54, 1.807) is 6.20 Å². The van der Waals surface area contributed by atoms with E-state index >= 15 is 0 Å². The van der Waals surface area contributed by atoms with Crippen molar-refractivity contribution in [1.82, 2.24) is 15.1 Å². The van der Waals surface area contributed by atoms with Gasteiger partial charge in [0.25, 0.3) is 0 Å². The van der Waals surface area contributed by atoms with E-state index in [9.17, 15) is 0 Å². The van der Waals surface area contributed by atoms with Gasteiger partial charge < -0.3 is 10.4 Å². The van der Waals surface area contributed by atoms with Gasteiger partial charge in [0.15, 0.2) is 0 Å². The Bertz CT molecular complexity index is 468. The van der Waals surface area contributed by atoms with Gasteiger partial charge in [-0.15, -0.1) is 0 Å². The molecule has 0 saturated heterocycles. The van der Waals surface area contributed by atoms with Crippen molar-refractivity contribution in [3.05, 3.63) is 48.3 Å². The van der Waals surface area contributed by atoms with Crippen LogP contribution in [0, 0.1) is 0 Å². The third-order valence-electron chi connectivity index (χ3n) is 3.07. The van der Waals surface area contributed by atoms with Gasteiger partial charge in [-0.25, -0.2) is 4.68 Å². The van der Waals surface area contributed by atoms with Crippen molar-refractivity contribution in [2.24, 2.45) is 0 Å². The highest BCUT2D eigenvalue weighted by Gasteiger charge is 2.03. The van der Waals surface area contributed by atoms with Crippen molar-refractivity contribution in [2.75, 3.05) is 13.2 Å². The lowest BCUT2D eigenvalue weighted by atomic mass is 10.1. The summed E-state index contributed by atoms with van der Waals surface area (Å²) in [6.07, 6.45) is 6.82. The second-order valence-corrected chi connectivity index (χ2v) is 4.54. The first kappa shape index (κ1) is 13.8. The number of nitrogens with one attached hydrogen (secondary N) is 1. The summed E-state index contributed by atoms with van der Waals surface area (Å²) in [5.41, 5.74) is 2.36. The number of unbranched alkanes of at least 4 members (excludes halogenated alkanes) is 2. The van der Waals surface area contributed by atoms with Crippen molar-refractivity contribution < 1.29 is 5.11 Å². The minimum absolute atomic E-state index is 0.294. The molecule has 19 heavy (non-hydrogen) atoms. The Morgan fingerprint density at radius 1 is 1.11 bits per heavy atom. The highest BCUT2D eigenvalue weighted by molar-refractivity contribution is 5.40. The number of hydrogen-bond donors (Lipinski definition) is 2. The largest absolute Gasteiger partial charge is 0.396 e. The summed E-state index contributed by atoms with van der Waals surface area (Å²) in [4.78, 5) is 0. The average Bonchev–Trinajstić information content (AvgIpc) is 2.97. The zero-order chi connectivity index (χ0) is 13.3. The van der Waals surface area contributed by atoms with Gasteiger partial charge in [-0.05, 0) is 43.5 Å². The molecule has 0 fully saturated rings. The monoisotopic (exact) mass is 259 g/mol. The van der Waals surface area contributed by atoms with E-state index in [1.807, 2.05) is 23.0 Å². The van der Waals surface area contributed by atoms with Crippen molar-refractivity contribution >= 4 is 0 Å². The van der Waals surface area contributed by atoms with Gasteiger partial charge in [-0.1, -0.05) is 18.2 Å². The maximum absolute atomic E-state index is 8.71. The maximum Gasteiger partial charge on any atom is 0.0690 e. The number of nitrogens with zero attached hydrogens (tertiary/aromatic N) is 2. The van der Waals surface area contributed by atoms with E-state index in [0.29, 0.717) is 6.61 Å². The number of aromatic nitrogens is 2. The molecule has 2 rings (SSSR count). The molecule has 0 amide bonds. The quantitative estimate of drug-likeness (QED) is 0.714. The Morgan fingerprint density at radius 2 is 2.00 bits per heavy atom. The zero-order valence-electron chi connectivity index (χ0n) is 11.1. The molecule has 0 atom stereocenters. The summed E-state index contributed by atoms with van der Waals surface area (Å²) in [7, 11) is 0. The standard InChI is InChI=1S/C15H21N3O/c19-12-5-1-4-9-16-13-14-7-2-3-8-15(14)18-11-6-10-17-18/h2-3,6-8,10-11,16,19H,1,4-5,9,12-13H2. The molecule has 1 aromatic carbocycles. The molecule has 0 unspecified atom stereocenters. The number of benzene rings is 1. The number of rotatable bonds is 8. The van der Waals surface area contributed by atoms with E-state index in [1.165, 1.54) is 5.56 Å². The summed E-state index contributed by atoms with van der Waals surface area (Å²) in [5.74, 6) is 0. The molecule has 0 aliphatic rings. The van der Waals surface area contributed by atoms with Crippen LogP contribution < -0.4 is 5.32 Å². The molecule has 0 spiro atoms. The van der Waals surface area contributed by atoms with E-state index < -0.39 is 0 Å². The van der Waals surface area contributed by atoms with Gasteiger partial charge in [0.2, 0.25) is 0 Å². The fourth-order valence-corrected chi connectivity index (χ4v) is 2.06. The third kappa shape index (κ3) is 4.19. The zero-order valence-corrected chi connectivity index (χ0v) is 11.1. The van der Waals surface area contributed by atoms with Crippen LogP contribution in [-0.4, -0.2) is 28.0 Å². The Hall–Kier alpha value is -1.65. The lowest BCUT2D eigenvalue weighted by molar-refractivity contribution is 0.283. The molecule has 0 bridgehead atoms. The van der Waals surface area contributed by atoms with Gasteiger partial charge in [0.05, 0.1) is 5.69 Å². The molecule has 0 saturated carbocycles. The summed E-state index contributed by atoms with van der Waals surface area (Å²) in [5, 5.41) is 16.4. The van der Waals surface area contributed by atoms with Crippen LogP contribution in [0.3, 0.4) is 0 Å². The third-order valence-corrected chi connectivity index (χ3v) is 3.07. The van der Waals surface area contributed by atoms with Gasteiger partial charge in [0, 0.05) is 25.5 Å². The van der Waals surface area contributed by atoms with Crippen LogP contribution in [0.1, 0.15) is 24.8 Å². The fraction of sp³-hybridized carbons (Fsp3) is 0.400. The maximum atomic E-state index is 8.71. The molecule has 1 aromatic heterocycles. The van der Waals surface area contributed by atoms with E-state index in [2.05, 4.69) is 28.6 Å². The van der Waals surface area contributed by atoms with Crippen molar-refractivity contribution in [2.45, 2.75) is 25.8 Å². The van der Waals surface area contributed by atoms with E-state index in [4.69, 9.17) is 5.11 Å². The summed E-state index contributed by atoms with van der Waals surface area (Å²) < 4.78 is 1.89. The van der Waals surface area contributed by atoms with Crippen molar-refractivity contribution in [3.8, 4) is 5.69 Å². The van der Waals surface area contributed by atoms with Gasteiger partial charge in [0.1, 0.15) is 0 Å². The predicted octanol–water partition coefficient (Wildman–Crippen LogP) is 2.12. The second-order valence-electron chi connectivity index (χ2n) is 4.54. The van der Waals surface area contributed by atoms with Gasteiger partial charge in [-0.2, -0.15) is 5.10 Å². The number of hydrogen-bond acceptors (Lipinski definition) is 3. The van der Waals surface area contributed by atoms with E-state index in [-0.39, 0.29) is 0 Å². The summed E-state index contributed by atoms with van der Waals surface area (Å²) >= 11 is 0. The lowest BCUT2D eigenvalue weighted by Gasteiger charge is -2.10. The average molecular weight is 259 g/mol. The van der Waals surface area contributed by atoms with Gasteiger partial charge >= 0.3 is 0 Å². The molecule has 0 aliphatic heterocycles. The normalized spacial score (nSPS) is 10.8. The summed E-state index contributed by atoms with van der Waals surface area (Å²) in [6.45, 7) is 2.12. The van der Waals surface area contributed by atoms with Crippen LogP contribution in [-0.2, 0) is 6.54 Å². The molecule has 2 N–H and O–H groups in total. The van der Waals surface area contributed by atoms with Gasteiger partial charge in [-0.3, -0.25) is 0 Å². The Morgan fingerprint density at radius 3 is 2.79 bits per heavy atom. The van der Waals surface area contributed by atoms with E-state index in [0.717, 1.165) is 38.0 Å². The molecule has 0 aliphatic carbocycles. The number of para-hydroxylation sites is 1. The smallest absolute Gasteiger partial charge is 0.0690 e. The highest BCUT2D eigenvalue weighted by atomic mass is 16.2. The lowest BCUT2D eigenvalue weighted by Crippen LogP contribution is -2.16. The second kappa shape index (κ2) is 7.71. The molecule has 1 heterocycles. The highest BCUT2D eigenvalue weighted by Crippen LogP contribution is 2.13. The van der Waals surface area contributed by atoms with Crippen LogP contribution in [0.5, 0.6) is 0 Å². The van der Waals surface area contributed by atoms with Crippen LogP contribution >= 0.6 is 0 Å². The molecule has 102 valence electrons. The summed E-state index contributed by atoms with van der Waals surface area (Å²) in [6, 6.07) is 10.2. The van der Waals surface area contributed by atoms with Crippen LogP contribution in [0.25, 0.3) is 5.69 Å². The molecule has 4 nitrogen and oxygen atoms in total. The Kier molecular flexibility index (Phi) is 5.59. The minimum atomic E-state index is 0.294. The first-order chi connectivity index (χ1) is 9.42. The fourth-order valence-electron chi connectivity index (χ4n) is 2.06. The molecular formula is C15H21N3O. The van der Waals surface area contributed by atoms with Crippen molar-refractivity contribution in [3.63, 3.8) is 0 Å². The SMILES string of the molecule is OCCCCCNCc1ccccc1-n1cccn1. The molecule has 2 aromatic rings.